The summed E-state index contributed by atoms with van der Waals surface area (Å²) in [5, 5.41) is 22.2. The minimum Gasteiger partial charge on any atom is -0.408 e. The molecule has 45 heavy (non-hydrogen) atoms. The van der Waals surface area contributed by atoms with Crippen LogP contribution in [0.3, 0.4) is 0 Å². The van der Waals surface area contributed by atoms with Crippen molar-refractivity contribution in [1.82, 2.24) is 29.8 Å². The average molecular weight is 632 g/mol. The molecule has 2 aromatic heterocycles. The fraction of sp³-hybridized carbons (Fsp3) is 0.258. The van der Waals surface area contributed by atoms with Gasteiger partial charge in [-0.05, 0) is 46.0 Å². The highest BCUT2D eigenvalue weighted by Crippen LogP contribution is 2.30. The molecule has 5 aromatic rings. The van der Waals surface area contributed by atoms with Crippen molar-refractivity contribution in [3.8, 4) is 28.3 Å². The van der Waals surface area contributed by atoms with Crippen LogP contribution in [0.5, 0.6) is 5.75 Å². The number of hydrogen-bond donors (Lipinski definition) is 0. The van der Waals surface area contributed by atoms with Gasteiger partial charge in [-0.1, -0.05) is 90.4 Å². The number of nitrogens with zero attached hydrogens (tertiary/aromatic N) is 7. The van der Waals surface area contributed by atoms with E-state index in [9.17, 15) is 14.9 Å². The third kappa shape index (κ3) is 7.69. The van der Waals surface area contributed by atoms with Crippen LogP contribution in [0, 0.1) is 10.1 Å². The van der Waals surface area contributed by atoms with Crippen LogP contribution in [0.15, 0.2) is 72.8 Å². The van der Waals surface area contributed by atoms with E-state index in [1.54, 1.807) is 19.2 Å². The van der Waals surface area contributed by atoms with Crippen LogP contribution < -0.4 is 4.74 Å². The summed E-state index contributed by atoms with van der Waals surface area (Å²) in [6.45, 7) is 2.91. The maximum atomic E-state index is 12.7. The van der Waals surface area contributed by atoms with Crippen LogP contribution in [0.25, 0.3) is 22.5 Å². The Kier molecular flexibility index (Phi) is 10.1. The molecule has 5 rings (SSSR count). The molecule has 0 N–H and O–H groups in total. The highest BCUT2D eigenvalue weighted by atomic mass is 35.5. The lowest BCUT2D eigenvalue weighted by atomic mass is 9.98. The fourth-order valence-corrected chi connectivity index (χ4v) is 4.97. The second kappa shape index (κ2) is 14.6. The van der Waals surface area contributed by atoms with E-state index in [0.717, 1.165) is 52.3 Å². The van der Waals surface area contributed by atoms with Gasteiger partial charge in [-0.15, -0.1) is 20.3 Å². The Labute approximate surface area is 263 Å². The van der Waals surface area contributed by atoms with Crippen LogP contribution >= 0.6 is 11.6 Å². The lowest BCUT2D eigenvalue weighted by molar-refractivity contribution is -0.763. The molecule has 0 radical (unpaired) electrons. The molecule has 0 aliphatic rings. The predicted molar refractivity (Wildman–Crippen MR) is 164 cm³/mol. The molecule has 3 aromatic carbocycles. The molecule has 13 nitrogen and oxygen atoms in total. The first-order chi connectivity index (χ1) is 21.9. The van der Waals surface area contributed by atoms with E-state index in [2.05, 4.69) is 48.9 Å². The molecule has 0 spiro atoms. The Balaban J connectivity index is 1.31. The van der Waals surface area contributed by atoms with Gasteiger partial charge in [0.15, 0.2) is 5.15 Å². The topological polar surface area (TPSA) is 149 Å². The Morgan fingerprint density at radius 1 is 0.978 bits per heavy atom. The molecule has 0 atom stereocenters. The Hall–Kier alpha value is -5.14. The molecular weight excluding hydrogens is 602 g/mol. The molecule has 0 amide bonds. The predicted octanol–water partition coefficient (Wildman–Crippen LogP) is 6.15. The molecule has 0 aliphatic carbocycles. The summed E-state index contributed by atoms with van der Waals surface area (Å²) in [5.41, 5.74) is 4.94. The second-order valence-electron chi connectivity index (χ2n) is 10.0. The van der Waals surface area contributed by atoms with E-state index in [-0.39, 0.29) is 18.2 Å². The van der Waals surface area contributed by atoms with Crippen LogP contribution in [0.1, 0.15) is 42.4 Å². The number of halogens is 1. The Bertz CT molecular complexity index is 1770. The first kappa shape index (κ1) is 31.3. The molecule has 0 aliphatic heterocycles. The molecule has 0 bridgehead atoms. The van der Waals surface area contributed by atoms with Gasteiger partial charge in [-0.3, -0.25) is 0 Å². The van der Waals surface area contributed by atoms with Crippen molar-refractivity contribution in [1.29, 1.82) is 0 Å². The van der Waals surface area contributed by atoms with Crippen molar-refractivity contribution in [3.05, 3.63) is 111 Å². The van der Waals surface area contributed by atoms with Crippen molar-refractivity contribution in [2.45, 2.75) is 45.9 Å². The van der Waals surface area contributed by atoms with E-state index in [1.807, 2.05) is 36.4 Å². The number of imidazole rings is 1. The number of tetrazole rings is 1. The standard InChI is InChI=1S/C31H30ClN7O6/c1-3-4-9-28-33-29(32)27(20-43-2)37(28)18-21-10-14-23(15-11-21)25-7-5-6-8-26(25)30-34-36-38(35-30)31(40)45-24-16-12-22(13-17-24)19-44-39(41)42/h5-8,10-17H,3-4,9,18-20H2,1-2H3. The van der Waals surface area contributed by atoms with Gasteiger partial charge in [-0.25, -0.2) is 9.78 Å². The van der Waals surface area contributed by atoms with Crippen molar-refractivity contribution >= 4 is 17.7 Å². The largest absolute Gasteiger partial charge is 0.459 e. The summed E-state index contributed by atoms with van der Waals surface area (Å²) in [7, 11) is 1.64. The number of ether oxygens (including phenoxy) is 2. The summed E-state index contributed by atoms with van der Waals surface area (Å²) in [4.78, 5) is 32.8. The van der Waals surface area contributed by atoms with E-state index in [4.69, 9.17) is 21.1 Å². The summed E-state index contributed by atoms with van der Waals surface area (Å²) in [6, 6.07) is 21.8. The molecule has 232 valence electrons. The first-order valence-electron chi connectivity index (χ1n) is 14.2. The third-order valence-electron chi connectivity index (χ3n) is 6.95. The molecule has 0 saturated carbocycles. The maximum absolute atomic E-state index is 12.7. The number of rotatable bonds is 13. The van der Waals surface area contributed by atoms with Gasteiger partial charge in [0.05, 0.1) is 12.3 Å². The number of aryl methyl sites for hydroxylation is 1. The van der Waals surface area contributed by atoms with Crippen molar-refractivity contribution in [2.24, 2.45) is 0 Å². The number of carbonyl (C=O) groups excluding carboxylic acids is 1. The maximum Gasteiger partial charge on any atom is 0.459 e. The lowest BCUT2D eigenvalue weighted by Crippen LogP contribution is -2.19. The SMILES string of the molecule is CCCCc1nc(Cl)c(COC)n1Cc1ccc(-c2ccccc2-c2nnn(C(=O)Oc3ccc(CO[N+](=O)[O-])cc3)n2)cc1. The molecule has 0 saturated heterocycles. The molecule has 0 unspecified atom stereocenters. The van der Waals surface area contributed by atoms with Crippen LogP contribution in [-0.4, -0.2) is 48.0 Å². The number of unbranched alkanes of at least 4 members (excludes halogenated alkanes) is 1. The van der Waals surface area contributed by atoms with Crippen LogP contribution in [0.4, 0.5) is 4.79 Å². The summed E-state index contributed by atoms with van der Waals surface area (Å²) < 4.78 is 12.8. The van der Waals surface area contributed by atoms with E-state index in [0.29, 0.717) is 29.4 Å². The molecular formula is C31H30ClN7O6. The van der Waals surface area contributed by atoms with Crippen molar-refractivity contribution in [2.75, 3.05) is 7.11 Å². The van der Waals surface area contributed by atoms with Gasteiger partial charge in [0, 0.05) is 25.6 Å². The zero-order valence-electron chi connectivity index (χ0n) is 24.6. The quantitative estimate of drug-likeness (QED) is 0.109. The van der Waals surface area contributed by atoms with Crippen molar-refractivity contribution in [3.63, 3.8) is 0 Å². The molecule has 2 heterocycles. The minimum atomic E-state index is -0.878. The van der Waals surface area contributed by atoms with E-state index < -0.39 is 11.2 Å². The molecule has 14 heteroatoms. The summed E-state index contributed by atoms with van der Waals surface area (Å²) in [6.07, 6.45) is 2.04. The summed E-state index contributed by atoms with van der Waals surface area (Å²) >= 11 is 6.46. The summed E-state index contributed by atoms with van der Waals surface area (Å²) in [5.74, 6) is 1.39. The monoisotopic (exact) mass is 631 g/mol. The van der Waals surface area contributed by atoms with Gasteiger partial charge in [0.1, 0.15) is 18.2 Å². The second-order valence-corrected chi connectivity index (χ2v) is 10.4. The van der Waals surface area contributed by atoms with Crippen LogP contribution in [-0.2, 0) is 35.8 Å². The van der Waals surface area contributed by atoms with Gasteiger partial charge in [0.2, 0.25) is 5.82 Å². The van der Waals surface area contributed by atoms with Gasteiger partial charge in [0.25, 0.3) is 5.09 Å². The zero-order valence-corrected chi connectivity index (χ0v) is 25.4. The van der Waals surface area contributed by atoms with Crippen LogP contribution in [0.2, 0.25) is 5.15 Å². The third-order valence-corrected chi connectivity index (χ3v) is 7.26. The highest BCUT2D eigenvalue weighted by Gasteiger charge is 2.18. The van der Waals surface area contributed by atoms with Gasteiger partial charge < -0.3 is 18.9 Å². The fourth-order valence-electron chi connectivity index (χ4n) is 4.72. The first-order valence-corrected chi connectivity index (χ1v) is 14.5. The highest BCUT2D eigenvalue weighted by molar-refractivity contribution is 6.30. The van der Waals surface area contributed by atoms with Gasteiger partial charge >= 0.3 is 6.09 Å². The number of hydrogen-bond acceptors (Lipinski definition) is 10. The van der Waals surface area contributed by atoms with E-state index in [1.165, 1.54) is 12.1 Å². The van der Waals surface area contributed by atoms with Gasteiger partial charge in [-0.2, -0.15) is 0 Å². The Morgan fingerprint density at radius 3 is 2.38 bits per heavy atom. The van der Waals surface area contributed by atoms with Crippen molar-refractivity contribution < 1.29 is 24.2 Å². The average Bonchev–Trinajstić information content (AvgIpc) is 3.65. The smallest absolute Gasteiger partial charge is 0.408 e. The minimum absolute atomic E-state index is 0.203. The lowest BCUT2D eigenvalue weighted by Gasteiger charge is -2.13. The number of aromatic nitrogens is 6. The number of methoxy groups -OCH3 is 1. The Morgan fingerprint density at radius 2 is 1.69 bits per heavy atom. The van der Waals surface area contributed by atoms with E-state index >= 15 is 0 Å². The molecule has 0 fully saturated rings. The number of carbonyl (C=O) groups is 1. The zero-order chi connectivity index (χ0) is 31.8. The normalized spacial score (nSPS) is 11.0. The number of benzene rings is 3.